The predicted molar refractivity (Wildman–Crippen MR) is 84.5 cm³/mol. The summed E-state index contributed by atoms with van der Waals surface area (Å²) in [6.07, 6.45) is -0.382. The Morgan fingerprint density at radius 1 is 1.12 bits per heavy atom. The summed E-state index contributed by atoms with van der Waals surface area (Å²) in [6.45, 7) is 3.79. The standard InChI is InChI=1S/C18H16F4O2/c1-3-12-4-5-14-11-15(7-6-13(14)10-12)24-16(23)8-9-18(21,22)17(2,19)20/h3-7,10-11H,1,8-9H2,2H3. The van der Waals surface area contributed by atoms with Gasteiger partial charge in [-0.15, -0.1) is 0 Å². The largest absolute Gasteiger partial charge is 0.427 e. The molecule has 0 radical (unpaired) electrons. The van der Waals surface area contributed by atoms with Gasteiger partial charge < -0.3 is 4.74 Å². The monoisotopic (exact) mass is 340 g/mol. The van der Waals surface area contributed by atoms with Gasteiger partial charge in [0.15, 0.2) is 0 Å². The number of benzene rings is 2. The van der Waals surface area contributed by atoms with Crippen molar-refractivity contribution in [1.82, 2.24) is 0 Å². The number of esters is 1. The number of carbonyl (C=O) groups excluding carboxylic acids is 1. The highest BCUT2D eigenvalue weighted by molar-refractivity contribution is 5.86. The van der Waals surface area contributed by atoms with E-state index in [-0.39, 0.29) is 12.7 Å². The SMILES string of the molecule is C=Cc1ccc2cc(OC(=O)CCC(F)(F)C(C)(F)F)ccc2c1. The minimum atomic E-state index is -4.25. The van der Waals surface area contributed by atoms with Crippen LogP contribution in [0.25, 0.3) is 16.8 Å². The van der Waals surface area contributed by atoms with Crippen LogP contribution < -0.4 is 4.74 Å². The van der Waals surface area contributed by atoms with Crippen molar-refractivity contribution in [3.05, 3.63) is 48.5 Å². The van der Waals surface area contributed by atoms with Crippen LogP contribution in [0, 0.1) is 0 Å². The van der Waals surface area contributed by atoms with Gasteiger partial charge in [0.25, 0.3) is 0 Å². The zero-order valence-electron chi connectivity index (χ0n) is 13.0. The third kappa shape index (κ3) is 4.13. The quantitative estimate of drug-likeness (QED) is 0.396. The van der Waals surface area contributed by atoms with E-state index in [1.54, 1.807) is 24.3 Å². The molecule has 6 heteroatoms. The van der Waals surface area contributed by atoms with E-state index >= 15 is 0 Å². The summed E-state index contributed by atoms with van der Waals surface area (Å²) in [5.74, 6) is -9.25. The molecule has 0 fully saturated rings. The number of hydrogen-bond donors (Lipinski definition) is 0. The molecule has 0 saturated carbocycles. The molecule has 0 saturated heterocycles. The van der Waals surface area contributed by atoms with E-state index in [1.807, 2.05) is 12.1 Å². The van der Waals surface area contributed by atoms with Crippen LogP contribution in [0.5, 0.6) is 5.75 Å². The number of ether oxygens (including phenoxy) is 1. The molecule has 2 rings (SSSR count). The van der Waals surface area contributed by atoms with E-state index in [9.17, 15) is 22.4 Å². The Balaban J connectivity index is 2.04. The summed E-state index contributed by atoms with van der Waals surface area (Å²) in [6, 6.07) is 10.3. The number of rotatable bonds is 6. The van der Waals surface area contributed by atoms with Gasteiger partial charge in [0.05, 0.1) is 6.42 Å². The average Bonchev–Trinajstić information content (AvgIpc) is 2.51. The molecule has 2 aromatic rings. The van der Waals surface area contributed by atoms with E-state index in [0.29, 0.717) is 0 Å². The van der Waals surface area contributed by atoms with E-state index in [2.05, 4.69) is 6.58 Å². The smallest absolute Gasteiger partial charge is 0.311 e. The van der Waals surface area contributed by atoms with Crippen LogP contribution in [0.15, 0.2) is 43.0 Å². The second-order valence-corrected chi connectivity index (χ2v) is 5.54. The fourth-order valence-corrected chi connectivity index (χ4v) is 2.09. The summed E-state index contributed by atoms with van der Waals surface area (Å²) in [5.41, 5.74) is 0.926. The summed E-state index contributed by atoms with van der Waals surface area (Å²) < 4.78 is 56.6. The maximum atomic E-state index is 13.1. The van der Waals surface area contributed by atoms with Gasteiger partial charge in [-0.1, -0.05) is 30.9 Å². The van der Waals surface area contributed by atoms with Crippen LogP contribution in [-0.4, -0.2) is 17.8 Å². The molecule has 0 amide bonds. The molecular weight excluding hydrogens is 324 g/mol. The highest BCUT2D eigenvalue weighted by Crippen LogP contribution is 2.37. The Morgan fingerprint density at radius 3 is 2.38 bits per heavy atom. The molecule has 0 N–H and O–H groups in total. The summed E-state index contributed by atoms with van der Waals surface area (Å²) in [7, 11) is 0. The highest BCUT2D eigenvalue weighted by Gasteiger charge is 2.51. The van der Waals surface area contributed by atoms with Gasteiger partial charge in [-0.3, -0.25) is 4.79 Å². The minimum Gasteiger partial charge on any atom is -0.427 e. The Morgan fingerprint density at radius 2 is 1.75 bits per heavy atom. The molecule has 2 nitrogen and oxygen atoms in total. The first-order valence-electron chi connectivity index (χ1n) is 7.25. The van der Waals surface area contributed by atoms with Gasteiger partial charge in [0.1, 0.15) is 5.75 Å². The Hall–Kier alpha value is -2.37. The first-order valence-corrected chi connectivity index (χ1v) is 7.25. The molecule has 0 unspecified atom stereocenters. The maximum absolute atomic E-state index is 13.1. The van der Waals surface area contributed by atoms with Gasteiger partial charge in [-0.05, 0) is 34.5 Å². The fraction of sp³-hybridized carbons (Fsp3) is 0.278. The molecule has 0 heterocycles. The molecule has 0 aliphatic rings. The van der Waals surface area contributed by atoms with Crippen LogP contribution in [0.3, 0.4) is 0 Å². The topological polar surface area (TPSA) is 26.3 Å². The van der Waals surface area contributed by atoms with E-state index in [0.717, 1.165) is 16.3 Å². The molecule has 0 atom stereocenters. The Kier molecular flexibility index (Phi) is 4.96. The molecule has 0 bridgehead atoms. The zero-order valence-corrected chi connectivity index (χ0v) is 13.0. The van der Waals surface area contributed by atoms with Crippen molar-refractivity contribution < 1.29 is 27.1 Å². The summed E-state index contributed by atoms with van der Waals surface area (Å²) >= 11 is 0. The molecule has 24 heavy (non-hydrogen) atoms. The van der Waals surface area contributed by atoms with Crippen molar-refractivity contribution in [3.63, 3.8) is 0 Å². The molecule has 0 spiro atoms. The van der Waals surface area contributed by atoms with Crippen LogP contribution in [0.4, 0.5) is 17.6 Å². The first-order chi connectivity index (χ1) is 11.1. The van der Waals surface area contributed by atoms with Crippen LogP contribution in [0.2, 0.25) is 0 Å². The van der Waals surface area contributed by atoms with Crippen molar-refractivity contribution in [2.75, 3.05) is 0 Å². The second kappa shape index (κ2) is 6.63. The van der Waals surface area contributed by atoms with E-state index < -0.39 is 30.7 Å². The van der Waals surface area contributed by atoms with Crippen molar-refractivity contribution in [2.45, 2.75) is 31.6 Å². The molecule has 0 aliphatic heterocycles. The lowest BCUT2D eigenvalue weighted by molar-refractivity contribution is -0.202. The fourth-order valence-electron chi connectivity index (χ4n) is 2.09. The zero-order chi connectivity index (χ0) is 18.0. The predicted octanol–water partition coefficient (Wildman–Crippen LogP) is 5.46. The third-order valence-electron chi connectivity index (χ3n) is 3.59. The van der Waals surface area contributed by atoms with Gasteiger partial charge in [-0.2, -0.15) is 8.78 Å². The highest BCUT2D eigenvalue weighted by atomic mass is 19.3. The Labute approximate surface area is 136 Å². The van der Waals surface area contributed by atoms with Crippen LogP contribution >= 0.6 is 0 Å². The van der Waals surface area contributed by atoms with Crippen LogP contribution in [0.1, 0.15) is 25.3 Å². The minimum absolute atomic E-state index is 0.124. The molecular formula is C18H16F4O2. The van der Waals surface area contributed by atoms with Crippen molar-refractivity contribution in [3.8, 4) is 5.75 Å². The second-order valence-electron chi connectivity index (χ2n) is 5.54. The number of hydrogen-bond acceptors (Lipinski definition) is 2. The van der Waals surface area contributed by atoms with Crippen LogP contribution in [-0.2, 0) is 4.79 Å². The number of fused-ring (bicyclic) bond motifs is 1. The number of carbonyl (C=O) groups is 1. The Bertz CT molecular complexity index is 763. The molecule has 2 aromatic carbocycles. The maximum Gasteiger partial charge on any atom is 0.311 e. The molecule has 0 aliphatic carbocycles. The first kappa shape index (κ1) is 18.0. The summed E-state index contributed by atoms with van der Waals surface area (Å²) in [5, 5.41) is 1.68. The van der Waals surface area contributed by atoms with Gasteiger partial charge in [0, 0.05) is 13.3 Å². The van der Waals surface area contributed by atoms with Gasteiger partial charge >= 0.3 is 17.8 Å². The average molecular weight is 340 g/mol. The molecule has 0 aromatic heterocycles. The van der Waals surface area contributed by atoms with Gasteiger partial charge in [-0.25, -0.2) is 8.78 Å². The number of alkyl halides is 4. The van der Waals surface area contributed by atoms with Crippen molar-refractivity contribution in [1.29, 1.82) is 0 Å². The van der Waals surface area contributed by atoms with Crippen molar-refractivity contribution >= 4 is 22.8 Å². The molecule has 128 valence electrons. The van der Waals surface area contributed by atoms with Gasteiger partial charge in [0.2, 0.25) is 0 Å². The van der Waals surface area contributed by atoms with E-state index in [1.165, 1.54) is 6.07 Å². The lowest BCUT2D eigenvalue weighted by Crippen LogP contribution is -2.38. The third-order valence-corrected chi connectivity index (χ3v) is 3.59. The lowest BCUT2D eigenvalue weighted by Gasteiger charge is -2.22. The summed E-state index contributed by atoms with van der Waals surface area (Å²) in [4.78, 5) is 11.6. The number of halogens is 4. The lowest BCUT2D eigenvalue weighted by atomic mass is 10.1. The van der Waals surface area contributed by atoms with E-state index in [4.69, 9.17) is 4.74 Å². The normalized spacial score (nSPS) is 12.2. The van der Waals surface area contributed by atoms with Crippen molar-refractivity contribution in [2.24, 2.45) is 0 Å².